The molecule has 6 nitrogen and oxygen atoms in total. The van der Waals surface area contributed by atoms with Crippen molar-refractivity contribution in [2.75, 3.05) is 19.6 Å². The van der Waals surface area contributed by atoms with Gasteiger partial charge in [-0.1, -0.05) is 0 Å². The number of aliphatic hydroxyl groups is 1. The van der Waals surface area contributed by atoms with Crippen LogP contribution in [0.3, 0.4) is 0 Å². The molecule has 2 aliphatic heterocycles. The number of rotatable bonds is 2. The minimum absolute atomic E-state index is 0.130. The molecule has 0 saturated carbocycles. The third kappa shape index (κ3) is 2.14. The molecule has 6 heteroatoms. The number of hydrogen-bond acceptors (Lipinski definition) is 4. The summed E-state index contributed by atoms with van der Waals surface area (Å²) < 4.78 is 0. The average Bonchev–Trinajstić information content (AvgIpc) is 2.84. The summed E-state index contributed by atoms with van der Waals surface area (Å²) in [6.07, 6.45) is 0.119. The van der Waals surface area contributed by atoms with Crippen LogP contribution >= 0.6 is 0 Å². The van der Waals surface area contributed by atoms with Gasteiger partial charge in [0.05, 0.1) is 11.5 Å². The molecule has 1 amide bonds. The van der Waals surface area contributed by atoms with Gasteiger partial charge in [0.2, 0.25) is 5.91 Å². The van der Waals surface area contributed by atoms with Gasteiger partial charge in [-0.2, -0.15) is 0 Å². The highest BCUT2D eigenvalue weighted by Gasteiger charge is 2.46. The number of aliphatic carboxylic acids is 1. The van der Waals surface area contributed by atoms with Gasteiger partial charge in [-0.3, -0.25) is 4.79 Å². The first-order valence-electron chi connectivity index (χ1n) is 5.87. The molecule has 3 atom stereocenters. The molecule has 0 radical (unpaired) electrons. The van der Waals surface area contributed by atoms with Gasteiger partial charge in [-0.05, 0) is 19.9 Å². The topological polar surface area (TPSA) is 89.9 Å². The van der Waals surface area contributed by atoms with E-state index in [4.69, 9.17) is 5.11 Å². The van der Waals surface area contributed by atoms with E-state index in [2.05, 4.69) is 5.32 Å². The normalized spacial score (nSPS) is 37.4. The van der Waals surface area contributed by atoms with Gasteiger partial charge in [0.25, 0.3) is 0 Å². The van der Waals surface area contributed by atoms with E-state index < -0.39 is 23.5 Å². The number of β-amino-alcohol motifs (C(OH)–C–C–N with tert-alkyl or cyclic N) is 1. The van der Waals surface area contributed by atoms with E-state index in [1.165, 1.54) is 4.90 Å². The largest absolute Gasteiger partial charge is 0.480 e. The van der Waals surface area contributed by atoms with Crippen LogP contribution in [0.2, 0.25) is 0 Å². The Morgan fingerprint density at radius 3 is 2.71 bits per heavy atom. The number of carbonyl (C=O) groups is 2. The zero-order chi connectivity index (χ0) is 12.6. The summed E-state index contributed by atoms with van der Waals surface area (Å²) in [5.74, 6) is -1.20. The minimum atomic E-state index is -1.04. The smallest absolute Gasteiger partial charge is 0.326 e. The zero-order valence-corrected chi connectivity index (χ0v) is 9.85. The molecule has 17 heavy (non-hydrogen) atoms. The van der Waals surface area contributed by atoms with Crippen molar-refractivity contribution in [1.82, 2.24) is 10.2 Å². The Labute approximate surface area is 99.6 Å². The molecule has 3 N–H and O–H groups in total. The Kier molecular flexibility index (Phi) is 3.09. The van der Waals surface area contributed by atoms with Crippen molar-refractivity contribution < 1.29 is 19.8 Å². The lowest BCUT2D eigenvalue weighted by molar-refractivity contribution is -0.152. The van der Waals surface area contributed by atoms with Gasteiger partial charge in [0.15, 0.2) is 0 Å². The van der Waals surface area contributed by atoms with E-state index in [-0.39, 0.29) is 18.9 Å². The van der Waals surface area contributed by atoms with Crippen molar-refractivity contribution in [1.29, 1.82) is 0 Å². The van der Waals surface area contributed by atoms with E-state index in [9.17, 15) is 14.7 Å². The van der Waals surface area contributed by atoms with Crippen LogP contribution in [-0.2, 0) is 9.59 Å². The Hall–Kier alpha value is -1.14. The molecule has 0 aliphatic carbocycles. The molecule has 2 rings (SSSR count). The van der Waals surface area contributed by atoms with Crippen LogP contribution in [0.4, 0.5) is 0 Å². The molecule has 2 heterocycles. The Balaban J connectivity index is 2.15. The number of carboxylic acid groups (broad SMARTS) is 1. The predicted molar refractivity (Wildman–Crippen MR) is 59.4 cm³/mol. The van der Waals surface area contributed by atoms with Crippen LogP contribution in [-0.4, -0.2) is 58.8 Å². The number of nitrogens with zero attached hydrogens (tertiary/aromatic N) is 1. The monoisotopic (exact) mass is 242 g/mol. The van der Waals surface area contributed by atoms with Gasteiger partial charge >= 0.3 is 5.97 Å². The van der Waals surface area contributed by atoms with Gasteiger partial charge in [-0.15, -0.1) is 0 Å². The summed E-state index contributed by atoms with van der Waals surface area (Å²) in [7, 11) is 0. The number of aliphatic hydroxyl groups excluding tert-OH is 1. The molecule has 2 aliphatic rings. The summed E-state index contributed by atoms with van der Waals surface area (Å²) in [5, 5.41) is 21.7. The fourth-order valence-electron chi connectivity index (χ4n) is 2.62. The zero-order valence-electron chi connectivity index (χ0n) is 9.85. The molecular weight excluding hydrogens is 224 g/mol. The van der Waals surface area contributed by atoms with E-state index in [1.807, 2.05) is 6.92 Å². The molecule has 3 unspecified atom stereocenters. The molecule has 0 aromatic carbocycles. The van der Waals surface area contributed by atoms with Crippen LogP contribution in [0, 0.1) is 5.41 Å². The lowest BCUT2D eigenvalue weighted by Crippen LogP contribution is -2.48. The molecule has 96 valence electrons. The second-order valence-corrected chi connectivity index (χ2v) is 5.19. The Bertz CT molecular complexity index is 338. The summed E-state index contributed by atoms with van der Waals surface area (Å²) in [4.78, 5) is 24.7. The van der Waals surface area contributed by atoms with Crippen molar-refractivity contribution in [3.63, 3.8) is 0 Å². The fourth-order valence-corrected chi connectivity index (χ4v) is 2.62. The summed E-state index contributed by atoms with van der Waals surface area (Å²) in [5.41, 5.74) is -0.530. The summed E-state index contributed by atoms with van der Waals surface area (Å²) in [6, 6.07) is -0.880. The second kappa shape index (κ2) is 4.27. The maximum absolute atomic E-state index is 12.3. The Morgan fingerprint density at radius 2 is 2.18 bits per heavy atom. The maximum Gasteiger partial charge on any atom is 0.326 e. The number of carboxylic acids is 1. The molecule has 0 aromatic heterocycles. The van der Waals surface area contributed by atoms with E-state index in [1.54, 1.807) is 0 Å². The quantitative estimate of drug-likeness (QED) is 0.580. The van der Waals surface area contributed by atoms with Crippen LogP contribution in [0.5, 0.6) is 0 Å². The SMILES string of the molecule is CC1(C(=O)N2CC(O)CC2C(=O)O)CCNC1. The van der Waals surface area contributed by atoms with Gasteiger partial charge in [-0.25, -0.2) is 4.79 Å². The third-order valence-corrected chi connectivity index (χ3v) is 3.71. The van der Waals surface area contributed by atoms with Crippen LogP contribution in [0.15, 0.2) is 0 Å². The molecular formula is C11H18N2O4. The van der Waals surface area contributed by atoms with Crippen LogP contribution in [0.1, 0.15) is 19.8 Å². The van der Waals surface area contributed by atoms with E-state index in [0.29, 0.717) is 13.0 Å². The standard InChI is InChI=1S/C11H18N2O4/c1-11(2-3-12-6-11)10(17)13-5-7(14)4-8(13)9(15)16/h7-8,12,14H,2-6H2,1H3,(H,15,16). The first-order chi connectivity index (χ1) is 7.94. The van der Waals surface area contributed by atoms with Crippen molar-refractivity contribution in [2.24, 2.45) is 5.41 Å². The Morgan fingerprint density at radius 1 is 1.47 bits per heavy atom. The highest BCUT2D eigenvalue weighted by Crippen LogP contribution is 2.31. The number of nitrogens with one attached hydrogen (secondary N) is 1. The molecule has 0 bridgehead atoms. The molecule has 2 saturated heterocycles. The highest BCUT2D eigenvalue weighted by molar-refractivity contribution is 5.88. The van der Waals surface area contributed by atoms with Crippen molar-refractivity contribution in [3.05, 3.63) is 0 Å². The maximum atomic E-state index is 12.3. The van der Waals surface area contributed by atoms with Crippen LogP contribution in [0.25, 0.3) is 0 Å². The van der Waals surface area contributed by atoms with E-state index in [0.717, 1.165) is 6.54 Å². The van der Waals surface area contributed by atoms with E-state index >= 15 is 0 Å². The average molecular weight is 242 g/mol. The van der Waals surface area contributed by atoms with Crippen molar-refractivity contribution in [2.45, 2.75) is 31.9 Å². The van der Waals surface area contributed by atoms with Gasteiger partial charge in [0.1, 0.15) is 6.04 Å². The highest BCUT2D eigenvalue weighted by atomic mass is 16.4. The number of hydrogen-bond donors (Lipinski definition) is 3. The summed E-state index contributed by atoms with van der Waals surface area (Å²) >= 11 is 0. The van der Waals surface area contributed by atoms with Crippen molar-refractivity contribution in [3.8, 4) is 0 Å². The first kappa shape index (κ1) is 12.3. The third-order valence-electron chi connectivity index (χ3n) is 3.71. The van der Waals surface area contributed by atoms with Crippen molar-refractivity contribution >= 4 is 11.9 Å². The molecule has 2 fully saturated rings. The number of amides is 1. The fraction of sp³-hybridized carbons (Fsp3) is 0.818. The lowest BCUT2D eigenvalue weighted by Gasteiger charge is -2.30. The van der Waals surface area contributed by atoms with Crippen LogP contribution < -0.4 is 5.32 Å². The summed E-state index contributed by atoms with van der Waals surface area (Å²) in [6.45, 7) is 3.32. The first-order valence-corrected chi connectivity index (χ1v) is 5.87. The molecule has 0 spiro atoms. The second-order valence-electron chi connectivity index (χ2n) is 5.19. The number of carbonyl (C=O) groups excluding carboxylic acids is 1. The minimum Gasteiger partial charge on any atom is -0.480 e. The molecule has 0 aromatic rings. The number of likely N-dealkylation sites (tertiary alicyclic amines) is 1. The predicted octanol–water partition coefficient (Wildman–Crippen LogP) is -0.968. The lowest BCUT2D eigenvalue weighted by atomic mass is 9.88. The van der Waals surface area contributed by atoms with Gasteiger partial charge in [0, 0.05) is 19.5 Å². The van der Waals surface area contributed by atoms with Gasteiger partial charge < -0.3 is 20.4 Å².